The van der Waals surface area contributed by atoms with Crippen LogP contribution in [-0.2, 0) is 16.1 Å². The molecule has 0 spiro atoms. The number of hydrogen-bond acceptors (Lipinski definition) is 7. The van der Waals surface area contributed by atoms with Gasteiger partial charge in [0.05, 0.1) is 41.7 Å². The molecule has 2 aromatic carbocycles. The summed E-state index contributed by atoms with van der Waals surface area (Å²) < 4.78 is 21.3. The van der Waals surface area contributed by atoms with Crippen molar-refractivity contribution in [2.45, 2.75) is 40.3 Å². The Bertz CT molecular complexity index is 1840. The molecule has 3 heterocycles. The molecule has 0 fully saturated rings. The predicted octanol–water partition coefficient (Wildman–Crippen LogP) is 4.74. The van der Waals surface area contributed by atoms with Gasteiger partial charge in [-0.15, -0.1) is 6.58 Å². The summed E-state index contributed by atoms with van der Waals surface area (Å²) in [5, 5.41) is 1.04. The second-order valence-electron chi connectivity index (χ2n) is 9.42. The topological polar surface area (TPSA) is 84.0 Å². The SMILES string of the molecule is C=CCn1cc(/C=c2\sc3n(c2=O)[C@@H](c2ccc(OCC)c(OCC)c2)C(C(=O)OCC)=C(C)N=3)c2ccccc21. The molecule has 0 bridgehead atoms. The fourth-order valence-electron chi connectivity index (χ4n) is 5.17. The lowest BCUT2D eigenvalue weighted by Crippen LogP contribution is -2.40. The highest BCUT2D eigenvalue weighted by molar-refractivity contribution is 7.07. The number of para-hydroxylation sites is 1. The van der Waals surface area contributed by atoms with Crippen LogP contribution >= 0.6 is 11.3 Å². The standard InChI is InChI=1S/C32H33N3O5S/c1-6-16-34-19-22(23-12-10-11-13-24(23)34)18-27-30(36)35-29(21-14-15-25(38-7-2)26(17-21)39-8-3)28(31(37)40-9-4)20(5)33-32(35)41-27/h6,10-15,17-19,29H,1,7-9,16H2,2-5H3/b27-18-/t29-/m0/s1. The van der Waals surface area contributed by atoms with Gasteiger partial charge in [0.25, 0.3) is 5.56 Å². The average molecular weight is 572 g/mol. The zero-order chi connectivity index (χ0) is 29.1. The molecule has 0 saturated heterocycles. The average Bonchev–Trinajstić information content (AvgIpc) is 3.46. The molecule has 0 aliphatic carbocycles. The van der Waals surface area contributed by atoms with Gasteiger partial charge in [-0.25, -0.2) is 9.79 Å². The molecule has 8 nitrogen and oxygen atoms in total. The van der Waals surface area contributed by atoms with Crippen LogP contribution in [0.1, 0.15) is 44.9 Å². The number of aromatic nitrogens is 2. The predicted molar refractivity (Wildman–Crippen MR) is 161 cm³/mol. The maximum Gasteiger partial charge on any atom is 0.338 e. The molecule has 1 atom stereocenters. The van der Waals surface area contributed by atoms with Crippen molar-refractivity contribution in [1.29, 1.82) is 0 Å². The number of benzene rings is 2. The molecule has 212 valence electrons. The molecule has 1 aliphatic heterocycles. The van der Waals surface area contributed by atoms with Crippen LogP contribution in [0.5, 0.6) is 11.5 Å². The van der Waals surface area contributed by atoms with E-state index in [0.717, 1.165) is 16.5 Å². The number of thiazole rings is 1. The lowest BCUT2D eigenvalue weighted by atomic mass is 9.95. The Morgan fingerprint density at radius 3 is 2.56 bits per heavy atom. The number of hydrogen-bond donors (Lipinski definition) is 0. The molecule has 0 N–H and O–H groups in total. The fraction of sp³-hybridized carbons (Fsp3) is 0.281. The van der Waals surface area contributed by atoms with Crippen LogP contribution in [-0.4, -0.2) is 34.9 Å². The van der Waals surface area contributed by atoms with Gasteiger partial charge in [-0.2, -0.15) is 0 Å². The molecule has 0 unspecified atom stereocenters. The third kappa shape index (κ3) is 5.25. The van der Waals surface area contributed by atoms with Crippen molar-refractivity contribution < 1.29 is 19.0 Å². The van der Waals surface area contributed by atoms with Gasteiger partial charge in [0, 0.05) is 29.2 Å². The highest BCUT2D eigenvalue weighted by atomic mass is 32.1. The van der Waals surface area contributed by atoms with E-state index < -0.39 is 12.0 Å². The highest BCUT2D eigenvalue weighted by Crippen LogP contribution is 2.36. The van der Waals surface area contributed by atoms with Crippen LogP contribution in [0.3, 0.4) is 0 Å². The van der Waals surface area contributed by atoms with E-state index in [2.05, 4.69) is 17.2 Å². The quantitative estimate of drug-likeness (QED) is 0.203. The zero-order valence-electron chi connectivity index (χ0n) is 23.7. The number of fused-ring (bicyclic) bond motifs is 2. The van der Waals surface area contributed by atoms with Crippen molar-refractivity contribution >= 4 is 34.3 Å². The van der Waals surface area contributed by atoms with Gasteiger partial charge >= 0.3 is 5.97 Å². The maximum absolute atomic E-state index is 14.1. The summed E-state index contributed by atoms with van der Waals surface area (Å²) in [5.74, 6) is 0.633. The summed E-state index contributed by atoms with van der Waals surface area (Å²) in [5.41, 5.74) is 3.27. The Labute approximate surface area is 242 Å². The Kier molecular flexibility index (Phi) is 8.26. The Morgan fingerprint density at radius 2 is 1.83 bits per heavy atom. The van der Waals surface area contributed by atoms with Crippen molar-refractivity contribution in [3.63, 3.8) is 0 Å². The summed E-state index contributed by atoms with van der Waals surface area (Å²) >= 11 is 1.30. The monoisotopic (exact) mass is 571 g/mol. The number of carbonyl (C=O) groups is 1. The molecule has 0 saturated carbocycles. The first-order valence-corrected chi connectivity index (χ1v) is 14.5. The minimum Gasteiger partial charge on any atom is -0.490 e. The zero-order valence-corrected chi connectivity index (χ0v) is 24.5. The fourth-order valence-corrected chi connectivity index (χ4v) is 6.20. The second-order valence-corrected chi connectivity index (χ2v) is 10.4. The maximum atomic E-state index is 14.1. The summed E-state index contributed by atoms with van der Waals surface area (Å²) in [6, 6.07) is 12.8. The highest BCUT2D eigenvalue weighted by Gasteiger charge is 2.34. The summed E-state index contributed by atoms with van der Waals surface area (Å²) in [6.07, 6.45) is 5.77. The van der Waals surface area contributed by atoms with Crippen LogP contribution in [0.25, 0.3) is 17.0 Å². The van der Waals surface area contributed by atoms with Crippen molar-refractivity contribution in [2.75, 3.05) is 19.8 Å². The van der Waals surface area contributed by atoms with Crippen LogP contribution < -0.4 is 24.4 Å². The first-order chi connectivity index (χ1) is 19.9. The number of nitrogens with zero attached hydrogens (tertiary/aromatic N) is 3. The smallest absolute Gasteiger partial charge is 0.338 e. The van der Waals surface area contributed by atoms with E-state index in [1.165, 1.54) is 11.3 Å². The summed E-state index contributed by atoms with van der Waals surface area (Å²) in [6.45, 7) is 13.0. The van der Waals surface area contributed by atoms with Gasteiger partial charge in [0.15, 0.2) is 16.3 Å². The molecule has 1 aliphatic rings. The Balaban J connectivity index is 1.73. The van der Waals surface area contributed by atoms with Crippen molar-refractivity contribution in [1.82, 2.24) is 9.13 Å². The van der Waals surface area contributed by atoms with E-state index in [4.69, 9.17) is 19.2 Å². The first kappa shape index (κ1) is 28.2. The molecular formula is C32H33N3O5S. The van der Waals surface area contributed by atoms with Gasteiger partial charge in [-0.3, -0.25) is 9.36 Å². The number of esters is 1. The Morgan fingerprint density at radius 1 is 1.07 bits per heavy atom. The van der Waals surface area contributed by atoms with Crippen molar-refractivity contribution in [3.8, 4) is 11.5 Å². The lowest BCUT2D eigenvalue weighted by Gasteiger charge is -2.25. The molecule has 0 radical (unpaired) electrons. The minimum absolute atomic E-state index is 0.203. The molecule has 9 heteroatoms. The number of allylic oxidation sites excluding steroid dienone is 2. The lowest BCUT2D eigenvalue weighted by molar-refractivity contribution is -0.139. The van der Waals surface area contributed by atoms with Crippen LogP contribution in [0, 0.1) is 0 Å². The Hall–Kier alpha value is -4.37. The van der Waals surface area contributed by atoms with Gasteiger partial charge in [0.2, 0.25) is 0 Å². The second kappa shape index (κ2) is 12.0. The molecule has 41 heavy (non-hydrogen) atoms. The molecule has 4 aromatic rings. The number of carbonyl (C=O) groups excluding carboxylic acids is 1. The van der Waals surface area contributed by atoms with Crippen molar-refractivity contribution in [2.24, 2.45) is 4.99 Å². The third-order valence-corrected chi connectivity index (χ3v) is 7.81. The van der Waals surface area contributed by atoms with Gasteiger partial charge < -0.3 is 18.8 Å². The molecule has 5 rings (SSSR count). The van der Waals surface area contributed by atoms with Crippen LogP contribution in [0.15, 0.2) is 82.4 Å². The molecular weight excluding hydrogens is 538 g/mol. The van der Waals surface area contributed by atoms with E-state index in [0.29, 0.717) is 57.4 Å². The first-order valence-electron chi connectivity index (χ1n) is 13.7. The largest absolute Gasteiger partial charge is 0.490 e. The van der Waals surface area contributed by atoms with Crippen LogP contribution in [0.4, 0.5) is 0 Å². The normalized spacial score (nSPS) is 15.0. The van der Waals surface area contributed by atoms with Crippen molar-refractivity contribution in [3.05, 3.63) is 103 Å². The summed E-state index contributed by atoms with van der Waals surface area (Å²) in [7, 11) is 0. The molecule has 2 aromatic heterocycles. The number of rotatable bonds is 10. The van der Waals surface area contributed by atoms with E-state index in [1.807, 2.05) is 68.6 Å². The third-order valence-electron chi connectivity index (χ3n) is 6.83. The number of ether oxygens (including phenoxy) is 3. The van der Waals surface area contributed by atoms with Gasteiger partial charge in [-0.05, 0) is 57.5 Å². The molecule has 0 amide bonds. The van der Waals surface area contributed by atoms with Crippen LogP contribution in [0.2, 0.25) is 0 Å². The van der Waals surface area contributed by atoms with Gasteiger partial charge in [-0.1, -0.05) is 41.7 Å². The summed E-state index contributed by atoms with van der Waals surface area (Å²) in [4.78, 5) is 32.6. The van der Waals surface area contributed by atoms with E-state index >= 15 is 0 Å². The minimum atomic E-state index is -0.746. The van der Waals surface area contributed by atoms with E-state index in [1.54, 1.807) is 18.4 Å². The van der Waals surface area contributed by atoms with E-state index in [-0.39, 0.29) is 12.2 Å². The van der Waals surface area contributed by atoms with E-state index in [9.17, 15) is 9.59 Å². The van der Waals surface area contributed by atoms with Gasteiger partial charge in [0.1, 0.15) is 0 Å².